The first-order valence-electron chi connectivity index (χ1n) is 5.71. The molecule has 1 nitrogen and oxygen atoms in total. The summed E-state index contributed by atoms with van der Waals surface area (Å²) in [5.41, 5.74) is 10.2. The van der Waals surface area contributed by atoms with Gasteiger partial charge in [0.2, 0.25) is 0 Å². The first-order valence-corrected chi connectivity index (χ1v) is 6.50. The molecule has 1 aromatic carbocycles. The highest BCUT2D eigenvalue weighted by Gasteiger charge is 2.21. The molecular formula is C13H18BrN. The van der Waals surface area contributed by atoms with Crippen molar-refractivity contribution in [3.63, 3.8) is 0 Å². The molecule has 0 spiro atoms. The zero-order valence-electron chi connectivity index (χ0n) is 9.22. The molecule has 0 saturated carbocycles. The van der Waals surface area contributed by atoms with Gasteiger partial charge in [0.25, 0.3) is 0 Å². The maximum absolute atomic E-state index is 5.68. The van der Waals surface area contributed by atoms with E-state index in [-0.39, 0.29) is 0 Å². The van der Waals surface area contributed by atoms with Crippen LogP contribution in [0.5, 0.6) is 0 Å². The van der Waals surface area contributed by atoms with Crippen molar-refractivity contribution < 1.29 is 0 Å². The smallest absolute Gasteiger partial charge is 0.0180 e. The van der Waals surface area contributed by atoms with E-state index >= 15 is 0 Å². The van der Waals surface area contributed by atoms with Gasteiger partial charge in [-0.25, -0.2) is 0 Å². The lowest BCUT2D eigenvalue weighted by Gasteiger charge is -2.27. The van der Waals surface area contributed by atoms with E-state index < -0.39 is 0 Å². The number of hydrogen-bond donors (Lipinski definition) is 1. The van der Waals surface area contributed by atoms with E-state index in [2.05, 4.69) is 35.0 Å². The summed E-state index contributed by atoms with van der Waals surface area (Å²) >= 11 is 3.59. The van der Waals surface area contributed by atoms with Crippen molar-refractivity contribution in [3.05, 3.63) is 33.3 Å². The Bertz CT molecular complexity index is 360. The normalized spacial score (nSPS) is 20.1. The van der Waals surface area contributed by atoms with Gasteiger partial charge in [-0.1, -0.05) is 15.9 Å². The maximum Gasteiger partial charge on any atom is 0.0180 e. The number of nitrogens with two attached hydrogens (primary N) is 1. The maximum atomic E-state index is 5.68. The van der Waals surface area contributed by atoms with E-state index in [0.29, 0.717) is 5.92 Å². The van der Waals surface area contributed by atoms with E-state index in [4.69, 9.17) is 5.73 Å². The minimum atomic E-state index is 0.690. The van der Waals surface area contributed by atoms with Crippen molar-refractivity contribution in [2.45, 2.75) is 38.5 Å². The lowest BCUT2D eigenvalue weighted by Crippen LogP contribution is -2.14. The van der Waals surface area contributed by atoms with Gasteiger partial charge in [0.1, 0.15) is 0 Å². The monoisotopic (exact) mass is 267 g/mol. The fourth-order valence-corrected chi connectivity index (χ4v) is 3.28. The van der Waals surface area contributed by atoms with Gasteiger partial charge >= 0.3 is 0 Å². The molecule has 0 aliphatic heterocycles. The number of aryl methyl sites for hydroxylation is 1. The van der Waals surface area contributed by atoms with Crippen molar-refractivity contribution in [1.29, 1.82) is 0 Å². The average molecular weight is 268 g/mol. The van der Waals surface area contributed by atoms with Crippen molar-refractivity contribution in [1.82, 2.24) is 0 Å². The number of halogens is 1. The molecule has 15 heavy (non-hydrogen) atoms. The highest BCUT2D eigenvalue weighted by atomic mass is 79.9. The van der Waals surface area contributed by atoms with Crippen LogP contribution in [0.1, 0.15) is 41.9 Å². The Kier molecular flexibility index (Phi) is 3.47. The minimum Gasteiger partial charge on any atom is -0.330 e. The van der Waals surface area contributed by atoms with Crippen LogP contribution in [0.15, 0.2) is 16.6 Å². The molecule has 0 radical (unpaired) electrons. The van der Waals surface area contributed by atoms with Crippen LogP contribution in [0.4, 0.5) is 0 Å². The fraction of sp³-hybridized carbons (Fsp3) is 0.538. The third-order valence-corrected chi connectivity index (χ3v) is 3.86. The van der Waals surface area contributed by atoms with Crippen LogP contribution in [0.2, 0.25) is 0 Å². The molecule has 2 heteroatoms. The second kappa shape index (κ2) is 4.67. The van der Waals surface area contributed by atoms with Crippen LogP contribution in [-0.4, -0.2) is 6.54 Å². The topological polar surface area (TPSA) is 26.0 Å². The van der Waals surface area contributed by atoms with Crippen LogP contribution >= 0.6 is 15.9 Å². The predicted molar refractivity (Wildman–Crippen MR) is 68.2 cm³/mol. The van der Waals surface area contributed by atoms with Crippen molar-refractivity contribution in [2.24, 2.45) is 5.73 Å². The van der Waals surface area contributed by atoms with Crippen LogP contribution in [0.3, 0.4) is 0 Å². The van der Waals surface area contributed by atoms with Gasteiger partial charge in [-0.15, -0.1) is 0 Å². The Morgan fingerprint density at radius 1 is 1.47 bits per heavy atom. The predicted octanol–water partition coefficient (Wildman–Crippen LogP) is 3.53. The molecular weight excluding hydrogens is 250 g/mol. The highest BCUT2D eigenvalue weighted by Crippen LogP contribution is 2.36. The van der Waals surface area contributed by atoms with Crippen LogP contribution in [0, 0.1) is 6.92 Å². The van der Waals surface area contributed by atoms with Crippen molar-refractivity contribution in [3.8, 4) is 0 Å². The summed E-state index contributed by atoms with van der Waals surface area (Å²) in [4.78, 5) is 0. The molecule has 1 atom stereocenters. The van der Waals surface area contributed by atoms with E-state index in [1.165, 1.54) is 29.3 Å². The summed E-state index contributed by atoms with van der Waals surface area (Å²) in [7, 11) is 0. The SMILES string of the molecule is Cc1cc(Br)cc2c1CCCC2CCN. The van der Waals surface area contributed by atoms with Gasteiger partial charge in [0, 0.05) is 4.47 Å². The molecule has 0 heterocycles. The summed E-state index contributed by atoms with van der Waals surface area (Å²) in [5.74, 6) is 0.690. The van der Waals surface area contributed by atoms with E-state index in [0.717, 1.165) is 13.0 Å². The summed E-state index contributed by atoms with van der Waals surface area (Å²) in [5, 5.41) is 0. The van der Waals surface area contributed by atoms with Crippen LogP contribution in [0.25, 0.3) is 0 Å². The molecule has 0 saturated heterocycles. The highest BCUT2D eigenvalue weighted by molar-refractivity contribution is 9.10. The minimum absolute atomic E-state index is 0.690. The van der Waals surface area contributed by atoms with E-state index in [1.54, 1.807) is 11.1 Å². The van der Waals surface area contributed by atoms with Crippen molar-refractivity contribution in [2.75, 3.05) is 6.54 Å². The standard InChI is InChI=1S/C13H18BrN/c1-9-7-11(14)8-13-10(5-6-15)3-2-4-12(9)13/h7-8,10H,2-6,15H2,1H3. The van der Waals surface area contributed by atoms with Crippen LogP contribution < -0.4 is 5.73 Å². The van der Waals surface area contributed by atoms with Gasteiger partial charge in [-0.05, 0) is 73.9 Å². The average Bonchev–Trinajstić information content (AvgIpc) is 2.19. The first-order chi connectivity index (χ1) is 7.22. The zero-order valence-corrected chi connectivity index (χ0v) is 10.8. The second-order valence-electron chi connectivity index (χ2n) is 4.46. The van der Waals surface area contributed by atoms with E-state index in [1.807, 2.05) is 0 Å². The third kappa shape index (κ3) is 2.26. The van der Waals surface area contributed by atoms with Gasteiger partial charge in [-0.3, -0.25) is 0 Å². The Morgan fingerprint density at radius 2 is 2.27 bits per heavy atom. The van der Waals surface area contributed by atoms with Gasteiger partial charge in [0.05, 0.1) is 0 Å². The Hall–Kier alpha value is -0.340. The summed E-state index contributed by atoms with van der Waals surface area (Å²) < 4.78 is 1.21. The lowest BCUT2D eigenvalue weighted by molar-refractivity contribution is 0.524. The molecule has 1 aromatic rings. The summed E-state index contributed by atoms with van der Waals surface area (Å²) in [6, 6.07) is 4.52. The number of benzene rings is 1. The zero-order chi connectivity index (χ0) is 10.8. The number of hydrogen-bond acceptors (Lipinski definition) is 1. The Labute approximate surface area is 100 Å². The fourth-order valence-electron chi connectivity index (χ4n) is 2.69. The molecule has 0 aromatic heterocycles. The molecule has 0 bridgehead atoms. The Balaban J connectivity index is 2.41. The molecule has 1 aliphatic carbocycles. The molecule has 82 valence electrons. The van der Waals surface area contributed by atoms with E-state index in [9.17, 15) is 0 Å². The van der Waals surface area contributed by atoms with Gasteiger partial charge < -0.3 is 5.73 Å². The summed E-state index contributed by atoms with van der Waals surface area (Å²) in [6.07, 6.45) is 5.00. The molecule has 2 rings (SSSR count). The Morgan fingerprint density at radius 3 is 3.00 bits per heavy atom. The summed E-state index contributed by atoms with van der Waals surface area (Å²) in [6.45, 7) is 3.02. The van der Waals surface area contributed by atoms with Gasteiger partial charge in [0.15, 0.2) is 0 Å². The molecule has 0 fully saturated rings. The first kappa shape index (κ1) is 11.2. The molecule has 0 amide bonds. The number of fused-ring (bicyclic) bond motifs is 1. The van der Waals surface area contributed by atoms with Crippen LogP contribution in [-0.2, 0) is 6.42 Å². The lowest BCUT2D eigenvalue weighted by atomic mass is 9.79. The second-order valence-corrected chi connectivity index (χ2v) is 5.37. The third-order valence-electron chi connectivity index (χ3n) is 3.41. The number of rotatable bonds is 2. The molecule has 1 aliphatic rings. The quantitative estimate of drug-likeness (QED) is 0.872. The molecule has 2 N–H and O–H groups in total. The largest absolute Gasteiger partial charge is 0.330 e. The van der Waals surface area contributed by atoms with Crippen molar-refractivity contribution >= 4 is 15.9 Å². The van der Waals surface area contributed by atoms with Gasteiger partial charge in [-0.2, -0.15) is 0 Å². The molecule has 1 unspecified atom stereocenters.